The maximum absolute atomic E-state index is 10.9. The second kappa shape index (κ2) is 11.4. The SMILES string of the molecule is O=C=NC1CCC(CC2CCC(N=C=O)C(CC3CCC(N=C=O)CC3)C2)CC1. The number of hydrogen-bond acceptors (Lipinski definition) is 6. The third-order valence-corrected chi connectivity index (χ3v) is 7.68. The highest BCUT2D eigenvalue weighted by molar-refractivity contribution is 5.34. The molecule has 3 fully saturated rings. The molecule has 0 saturated heterocycles. The van der Waals surface area contributed by atoms with Gasteiger partial charge in [-0.2, -0.15) is 0 Å². The molecule has 6 nitrogen and oxygen atoms in total. The van der Waals surface area contributed by atoms with Crippen LogP contribution in [0.4, 0.5) is 0 Å². The number of nitrogens with zero attached hydrogens (tertiary/aromatic N) is 3. The van der Waals surface area contributed by atoms with Gasteiger partial charge in [0.15, 0.2) is 0 Å². The first-order valence-corrected chi connectivity index (χ1v) is 11.4. The average Bonchev–Trinajstić information content (AvgIpc) is 2.73. The van der Waals surface area contributed by atoms with Crippen molar-refractivity contribution in [3.05, 3.63) is 0 Å². The van der Waals surface area contributed by atoms with E-state index in [-0.39, 0.29) is 18.1 Å². The second-order valence-electron chi connectivity index (χ2n) is 9.49. The predicted molar refractivity (Wildman–Crippen MR) is 110 cm³/mol. The van der Waals surface area contributed by atoms with Crippen LogP contribution in [0.3, 0.4) is 0 Å². The van der Waals surface area contributed by atoms with Gasteiger partial charge in [-0.05, 0) is 107 Å². The summed E-state index contributed by atoms with van der Waals surface area (Å²) in [5, 5.41) is 0. The van der Waals surface area contributed by atoms with E-state index in [4.69, 9.17) is 0 Å². The Labute approximate surface area is 173 Å². The Balaban J connectivity index is 1.50. The summed E-state index contributed by atoms with van der Waals surface area (Å²) >= 11 is 0. The van der Waals surface area contributed by atoms with Crippen LogP contribution in [0.15, 0.2) is 15.0 Å². The van der Waals surface area contributed by atoms with Gasteiger partial charge in [-0.3, -0.25) is 0 Å². The lowest BCUT2D eigenvalue weighted by atomic mass is 9.69. The van der Waals surface area contributed by atoms with Crippen molar-refractivity contribution < 1.29 is 14.4 Å². The number of rotatable bonds is 7. The summed E-state index contributed by atoms with van der Waals surface area (Å²) in [4.78, 5) is 43.8. The van der Waals surface area contributed by atoms with Crippen LogP contribution in [0, 0.1) is 23.7 Å². The summed E-state index contributed by atoms with van der Waals surface area (Å²) in [5.74, 6) is 2.58. The van der Waals surface area contributed by atoms with E-state index in [1.807, 2.05) is 6.08 Å². The van der Waals surface area contributed by atoms with Gasteiger partial charge < -0.3 is 0 Å². The van der Waals surface area contributed by atoms with E-state index in [1.165, 1.54) is 6.42 Å². The van der Waals surface area contributed by atoms with Gasteiger partial charge >= 0.3 is 0 Å². The van der Waals surface area contributed by atoms with Crippen LogP contribution in [0.25, 0.3) is 0 Å². The smallest absolute Gasteiger partial charge is 0.211 e. The molecule has 6 heteroatoms. The molecule has 0 radical (unpaired) electrons. The molecule has 3 rings (SSSR count). The molecule has 0 aromatic heterocycles. The minimum atomic E-state index is 0.132. The molecule has 3 unspecified atom stereocenters. The van der Waals surface area contributed by atoms with E-state index < -0.39 is 0 Å². The van der Waals surface area contributed by atoms with Crippen LogP contribution in [0.5, 0.6) is 0 Å². The maximum atomic E-state index is 10.9. The van der Waals surface area contributed by atoms with E-state index in [0.29, 0.717) is 17.8 Å². The van der Waals surface area contributed by atoms with Crippen molar-refractivity contribution >= 4 is 18.2 Å². The van der Waals surface area contributed by atoms with E-state index in [0.717, 1.165) is 83.0 Å². The Morgan fingerprint density at radius 1 is 0.552 bits per heavy atom. The molecule has 0 amide bonds. The first kappa shape index (κ1) is 21.8. The normalized spacial score (nSPS) is 37.4. The van der Waals surface area contributed by atoms with Crippen molar-refractivity contribution in [3.8, 4) is 0 Å². The van der Waals surface area contributed by atoms with Gasteiger partial charge in [-0.25, -0.2) is 29.4 Å². The predicted octanol–water partition coefficient (Wildman–Crippen LogP) is 4.68. The van der Waals surface area contributed by atoms with Crippen LogP contribution in [-0.4, -0.2) is 36.4 Å². The Morgan fingerprint density at radius 2 is 1.03 bits per heavy atom. The fourth-order valence-electron chi connectivity index (χ4n) is 6.12. The highest BCUT2D eigenvalue weighted by atomic mass is 16.1. The van der Waals surface area contributed by atoms with E-state index >= 15 is 0 Å². The zero-order valence-corrected chi connectivity index (χ0v) is 17.3. The van der Waals surface area contributed by atoms with Crippen molar-refractivity contribution in [2.24, 2.45) is 38.6 Å². The van der Waals surface area contributed by atoms with Crippen molar-refractivity contribution in [1.29, 1.82) is 0 Å². The molecule has 0 aromatic rings. The molecule has 29 heavy (non-hydrogen) atoms. The van der Waals surface area contributed by atoms with Crippen molar-refractivity contribution in [2.75, 3.05) is 0 Å². The molecule has 3 atom stereocenters. The van der Waals surface area contributed by atoms with E-state index in [2.05, 4.69) is 15.0 Å². The lowest BCUT2D eigenvalue weighted by Crippen LogP contribution is -2.32. The van der Waals surface area contributed by atoms with Gasteiger partial charge in [0.05, 0.1) is 18.1 Å². The van der Waals surface area contributed by atoms with Crippen molar-refractivity contribution in [3.63, 3.8) is 0 Å². The monoisotopic (exact) mass is 399 g/mol. The van der Waals surface area contributed by atoms with Gasteiger partial charge in [0.25, 0.3) is 0 Å². The highest BCUT2D eigenvalue weighted by Crippen LogP contribution is 2.42. The first-order chi connectivity index (χ1) is 14.2. The first-order valence-electron chi connectivity index (χ1n) is 11.4. The third kappa shape index (κ3) is 6.57. The van der Waals surface area contributed by atoms with Crippen LogP contribution in [0.1, 0.15) is 83.5 Å². The minimum Gasteiger partial charge on any atom is -0.211 e. The number of hydrogen-bond donors (Lipinski definition) is 0. The molecule has 0 N–H and O–H groups in total. The van der Waals surface area contributed by atoms with Crippen LogP contribution >= 0.6 is 0 Å². The summed E-state index contributed by atoms with van der Waals surface area (Å²) in [6.45, 7) is 0. The second-order valence-corrected chi connectivity index (χ2v) is 9.49. The average molecular weight is 400 g/mol. The summed E-state index contributed by atoms with van der Waals surface area (Å²) in [6.07, 6.45) is 19.5. The van der Waals surface area contributed by atoms with Crippen LogP contribution in [0.2, 0.25) is 0 Å². The zero-order chi connectivity index (χ0) is 20.5. The summed E-state index contributed by atoms with van der Waals surface area (Å²) in [6, 6.07) is 0.477. The minimum absolute atomic E-state index is 0.132. The van der Waals surface area contributed by atoms with Gasteiger partial charge in [-0.1, -0.05) is 0 Å². The number of carbonyl (C=O) groups excluding carboxylic acids is 3. The van der Waals surface area contributed by atoms with Gasteiger partial charge in [0, 0.05) is 0 Å². The molecule has 0 aliphatic heterocycles. The lowest BCUT2D eigenvalue weighted by molar-refractivity contribution is 0.151. The fraction of sp³-hybridized carbons (Fsp3) is 0.870. The molecule has 0 spiro atoms. The standard InChI is InChI=1S/C23H33N3O3/c27-14-24-21-6-1-17(2-7-21)11-19-5-10-23(26-16-29)20(13-19)12-18-3-8-22(9-4-18)25-15-28/h17-23H,1-13H2. The Bertz CT molecular complexity index is 661. The number of aliphatic imine (C=N–C) groups is 3. The van der Waals surface area contributed by atoms with E-state index in [1.54, 1.807) is 12.2 Å². The van der Waals surface area contributed by atoms with Crippen LogP contribution in [-0.2, 0) is 14.4 Å². The quantitative estimate of drug-likeness (QED) is 0.460. The van der Waals surface area contributed by atoms with E-state index in [9.17, 15) is 14.4 Å². The molecule has 0 heterocycles. The zero-order valence-electron chi connectivity index (χ0n) is 17.3. The molecule has 0 bridgehead atoms. The molecular weight excluding hydrogens is 366 g/mol. The molecule has 3 saturated carbocycles. The largest absolute Gasteiger partial charge is 0.235 e. The van der Waals surface area contributed by atoms with Gasteiger partial charge in [-0.15, -0.1) is 0 Å². The molecule has 0 aromatic carbocycles. The molecule has 3 aliphatic rings. The fourth-order valence-corrected chi connectivity index (χ4v) is 6.12. The van der Waals surface area contributed by atoms with Crippen molar-refractivity contribution in [1.82, 2.24) is 0 Å². The molecular formula is C23H33N3O3. The van der Waals surface area contributed by atoms with Crippen molar-refractivity contribution in [2.45, 2.75) is 102 Å². The maximum Gasteiger partial charge on any atom is 0.235 e. The summed E-state index contributed by atoms with van der Waals surface area (Å²) in [7, 11) is 0. The molecule has 3 aliphatic carbocycles. The Morgan fingerprint density at radius 3 is 1.55 bits per heavy atom. The van der Waals surface area contributed by atoms with Gasteiger partial charge in [0.2, 0.25) is 18.2 Å². The molecule has 158 valence electrons. The van der Waals surface area contributed by atoms with Crippen LogP contribution < -0.4 is 0 Å². The topological polar surface area (TPSA) is 88.3 Å². The number of isocyanates is 3. The highest BCUT2D eigenvalue weighted by Gasteiger charge is 2.34. The summed E-state index contributed by atoms with van der Waals surface area (Å²) in [5.41, 5.74) is 0. The van der Waals surface area contributed by atoms with Gasteiger partial charge in [0.1, 0.15) is 0 Å². The lowest BCUT2D eigenvalue weighted by Gasteiger charge is -2.38. The Hall–Kier alpha value is -1.86. The third-order valence-electron chi connectivity index (χ3n) is 7.68. The summed E-state index contributed by atoms with van der Waals surface area (Å²) < 4.78 is 0. The Kier molecular flexibility index (Phi) is 8.55.